The molecule has 0 atom stereocenters. The van der Waals surface area contributed by atoms with Crippen molar-refractivity contribution in [3.05, 3.63) is 101 Å². The number of hydrogen-bond acceptors (Lipinski definition) is 5. The second-order valence-electron chi connectivity index (χ2n) is 8.05. The highest BCUT2D eigenvalue weighted by Gasteiger charge is 2.17. The number of rotatable bonds is 8. The summed E-state index contributed by atoms with van der Waals surface area (Å²) in [5.41, 5.74) is 7.42. The van der Waals surface area contributed by atoms with Gasteiger partial charge in [0, 0.05) is 22.5 Å². The second-order valence-corrected chi connectivity index (χ2v) is 8.05. The highest BCUT2D eigenvalue weighted by molar-refractivity contribution is 6.01. The first-order chi connectivity index (χ1) is 17.0. The SMILES string of the molecule is COc1ccc(-n2c(-c3cccc(OC)c3)cc(C(C)=NOCc3ccc(C#N)cc3)c2C)cc1. The molecule has 0 saturated heterocycles. The van der Waals surface area contributed by atoms with Gasteiger partial charge >= 0.3 is 0 Å². The Bertz CT molecular complexity index is 1380. The van der Waals surface area contributed by atoms with Gasteiger partial charge in [0.2, 0.25) is 0 Å². The van der Waals surface area contributed by atoms with Crippen molar-refractivity contribution in [2.75, 3.05) is 14.2 Å². The summed E-state index contributed by atoms with van der Waals surface area (Å²) in [6, 6.07) is 27.5. The maximum atomic E-state index is 8.96. The molecule has 0 aliphatic rings. The van der Waals surface area contributed by atoms with E-state index in [1.165, 1.54) is 0 Å². The van der Waals surface area contributed by atoms with Crippen LogP contribution >= 0.6 is 0 Å². The molecule has 1 heterocycles. The van der Waals surface area contributed by atoms with Gasteiger partial charge in [0.25, 0.3) is 0 Å². The molecule has 0 amide bonds. The third kappa shape index (κ3) is 5.20. The maximum absolute atomic E-state index is 8.96. The van der Waals surface area contributed by atoms with Crippen molar-refractivity contribution in [2.45, 2.75) is 20.5 Å². The topological polar surface area (TPSA) is 68.8 Å². The monoisotopic (exact) mass is 465 g/mol. The molecule has 0 unspecified atom stereocenters. The fourth-order valence-electron chi connectivity index (χ4n) is 3.96. The van der Waals surface area contributed by atoms with Crippen LogP contribution in [-0.2, 0) is 11.4 Å². The van der Waals surface area contributed by atoms with E-state index in [0.29, 0.717) is 12.2 Å². The number of oxime groups is 1. The Morgan fingerprint density at radius 2 is 1.63 bits per heavy atom. The van der Waals surface area contributed by atoms with Crippen LogP contribution in [0.4, 0.5) is 0 Å². The summed E-state index contributed by atoms with van der Waals surface area (Å²) in [4.78, 5) is 5.65. The van der Waals surface area contributed by atoms with Crippen LogP contribution in [0.3, 0.4) is 0 Å². The van der Waals surface area contributed by atoms with E-state index in [0.717, 1.165) is 51.0 Å². The molecule has 0 aliphatic heterocycles. The van der Waals surface area contributed by atoms with Crippen molar-refractivity contribution >= 4 is 5.71 Å². The predicted octanol–water partition coefficient (Wildman–Crippen LogP) is 6.28. The lowest BCUT2D eigenvalue weighted by atomic mass is 10.1. The fraction of sp³-hybridized carbons (Fsp3) is 0.172. The van der Waals surface area contributed by atoms with Gasteiger partial charge in [-0.25, -0.2) is 0 Å². The van der Waals surface area contributed by atoms with E-state index in [-0.39, 0.29) is 0 Å². The van der Waals surface area contributed by atoms with Gasteiger partial charge in [0.05, 0.1) is 37.3 Å². The fourth-order valence-corrected chi connectivity index (χ4v) is 3.96. The van der Waals surface area contributed by atoms with Gasteiger partial charge < -0.3 is 18.9 Å². The van der Waals surface area contributed by atoms with Crippen LogP contribution in [0.25, 0.3) is 16.9 Å². The molecule has 0 aliphatic carbocycles. The molecule has 4 aromatic rings. The smallest absolute Gasteiger partial charge is 0.142 e. The Morgan fingerprint density at radius 1 is 0.914 bits per heavy atom. The lowest BCUT2D eigenvalue weighted by Crippen LogP contribution is -2.03. The zero-order chi connectivity index (χ0) is 24.8. The number of nitriles is 1. The van der Waals surface area contributed by atoms with Crippen LogP contribution in [0.1, 0.15) is 29.3 Å². The summed E-state index contributed by atoms with van der Waals surface area (Å²) in [6.07, 6.45) is 0. The average Bonchev–Trinajstić information content (AvgIpc) is 3.26. The van der Waals surface area contributed by atoms with Crippen LogP contribution in [0.2, 0.25) is 0 Å². The summed E-state index contributed by atoms with van der Waals surface area (Å²) in [6.45, 7) is 4.34. The summed E-state index contributed by atoms with van der Waals surface area (Å²) >= 11 is 0. The van der Waals surface area contributed by atoms with Crippen molar-refractivity contribution in [1.29, 1.82) is 5.26 Å². The molecular weight excluding hydrogens is 438 g/mol. The second kappa shape index (κ2) is 10.6. The maximum Gasteiger partial charge on any atom is 0.142 e. The van der Waals surface area contributed by atoms with E-state index < -0.39 is 0 Å². The lowest BCUT2D eigenvalue weighted by molar-refractivity contribution is 0.130. The minimum atomic E-state index is 0.323. The minimum Gasteiger partial charge on any atom is -0.497 e. The van der Waals surface area contributed by atoms with Crippen LogP contribution in [-0.4, -0.2) is 24.5 Å². The molecule has 0 saturated carbocycles. The predicted molar refractivity (Wildman–Crippen MR) is 137 cm³/mol. The molecule has 6 nitrogen and oxygen atoms in total. The van der Waals surface area contributed by atoms with Gasteiger partial charge in [-0.1, -0.05) is 29.4 Å². The Hall–Kier alpha value is -4.50. The van der Waals surface area contributed by atoms with E-state index in [4.69, 9.17) is 19.6 Å². The first-order valence-corrected chi connectivity index (χ1v) is 11.2. The zero-order valence-electron chi connectivity index (χ0n) is 20.3. The molecule has 3 aromatic carbocycles. The van der Waals surface area contributed by atoms with Gasteiger partial charge in [-0.2, -0.15) is 5.26 Å². The summed E-state index contributed by atoms with van der Waals surface area (Å²) in [5.74, 6) is 1.59. The average molecular weight is 466 g/mol. The van der Waals surface area contributed by atoms with Crippen molar-refractivity contribution in [2.24, 2.45) is 5.16 Å². The van der Waals surface area contributed by atoms with E-state index in [9.17, 15) is 0 Å². The standard InChI is InChI=1S/C29H27N3O3/c1-20(31-35-19-23-10-8-22(18-30)9-11-23)28-17-29(24-6-5-7-27(16-24)34-4)32(21(28)2)25-12-14-26(33-3)15-13-25/h5-17H,19H2,1-4H3. The Balaban J connectivity index is 1.70. The Labute approximate surface area is 205 Å². The van der Waals surface area contributed by atoms with Crippen LogP contribution in [0, 0.1) is 18.3 Å². The molecule has 35 heavy (non-hydrogen) atoms. The summed E-state index contributed by atoms with van der Waals surface area (Å²) in [7, 11) is 3.33. The number of nitrogens with zero attached hydrogens (tertiary/aromatic N) is 3. The van der Waals surface area contributed by atoms with E-state index in [1.54, 1.807) is 26.4 Å². The van der Waals surface area contributed by atoms with E-state index >= 15 is 0 Å². The number of hydrogen-bond donors (Lipinski definition) is 0. The van der Waals surface area contributed by atoms with Crippen LogP contribution in [0.15, 0.2) is 84.0 Å². The molecule has 0 fully saturated rings. The van der Waals surface area contributed by atoms with Gasteiger partial charge in [-0.15, -0.1) is 0 Å². The third-order valence-electron chi connectivity index (χ3n) is 5.85. The molecule has 6 heteroatoms. The Kier molecular flexibility index (Phi) is 7.18. The highest BCUT2D eigenvalue weighted by atomic mass is 16.6. The van der Waals surface area contributed by atoms with Crippen molar-refractivity contribution < 1.29 is 14.3 Å². The number of ether oxygens (including phenoxy) is 2. The normalized spacial score (nSPS) is 11.1. The molecule has 0 spiro atoms. The van der Waals surface area contributed by atoms with Crippen molar-refractivity contribution in [1.82, 2.24) is 4.57 Å². The van der Waals surface area contributed by atoms with Gasteiger partial charge in [-0.05, 0) is 74.0 Å². The van der Waals surface area contributed by atoms with Crippen molar-refractivity contribution in [3.8, 4) is 34.5 Å². The van der Waals surface area contributed by atoms with E-state index in [1.807, 2.05) is 61.5 Å². The molecule has 4 rings (SSSR count). The van der Waals surface area contributed by atoms with Crippen LogP contribution < -0.4 is 9.47 Å². The summed E-state index contributed by atoms with van der Waals surface area (Å²) in [5, 5.41) is 13.3. The van der Waals surface area contributed by atoms with Crippen LogP contribution in [0.5, 0.6) is 11.5 Å². The molecule has 1 aromatic heterocycles. The first kappa shape index (κ1) is 23.7. The number of methoxy groups -OCH3 is 2. The highest BCUT2D eigenvalue weighted by Crippen LogP contribution is 2.32. The molecule has 0 bridgehead atoms. The van der Waals surface area contributed by atoms with Gasteiger partial charge in [0.15, 0.2) is 0 Å². The van der Waals surface area contributed by atoms with Gasteiger partial charge in [-0.3, -0.25) is 0 Å². The third-order valence-corrected chi connectivity index (χ3v) is 5.85. The van der Waals surface area contributed by atoms with E-state index in [2.05, 4.69) is 34.8 Å². The lowest BCUT2D eigenvalue weighted by Gasteiger charge is -2.13. The number of benzene rings is 3. The summed E-state index contributed by atoms with van der Waals surface area (Å²) < 4.78 is 13.0. The first-order valence-electron chi connectivity index (χ1n) is 11.2. The molecular formula is C29H27N3O3. The molecule has 0 radical (unpaired) electrons. The number of aromatic nitrogens is 1. The minimum absolute atomic E-state index is 0.323. The molecule has 176 valence electrons. The Morgan fingerprint density at radius 3 is 2.29 bits per heavy atom. The quantitative estimate of drug-likeness (QED) is 0.227. The van der Waals surface area contributed by atoms with Gasteiger partial charge in [0.1, 0.15) is 18.1 Å². The zero-order valence-corrected chi connectivity index (χ0v) is 20.3. The van der Waals surface area contributed by atoms with Crippen molar-refractivity contribution in [3.63, 3.8) is 0 Å². The molecule has 0 N–H and O–H groups in total. The largest absolute Gasteiger partial charge is 0.497 e.